The van der Waals surface area contributed by atoms with Gasteiger partial charge in [0.15, 0.2) is 0 Å². The van der Waals surface area contributed by atoms with Gasteiger partial charge < -0.3 is 0 Å². The molecule has 0 unspecified atom stereocenters. The van der Waals surface area contributed by atoms with E-state index in [1.807, 2.05) is 31.3 Å². The van der Waals surface area contributed by atoms with Gasteiger partial charge in [-0.25, -0.2) is 0 Å². The predicted molar refractivity (Wildman–Crippen MR) is 58.9 cm³/mol. The fourth-order valence-electron chi connectivity index (χ4n) is 1.33. The standard InChI is InChI=1S/C13H11N/c1-2-3-6-11-9-12-7-4-5-8-13(12)14-10-11/h4-5,7-10H,2H2,1H3. The van der Waals surface area contributed by atoms with Crippen LogP contribution in [0.4, 0.5) is 0 Å². The third-order valence-corrected chi connectivity index (χ3v) is 2.00. The number of benzene rings is 1. The van der Waals surface area contributed by atoms with E-state index in [-0.39, 0.29) is 0 Å². The first kappa shape index (κ1) is 8.77. The van der Waals surface area contributed by atoms with Gasteiger partial charge in [-0.15, -0.1) is 0 Å². The van der Waals surface area contributed by atoms with Gasteiger partial charge >= 0.3 is 0 Å². The van der Waals surface area contributed by atoms with E-state index in [1.54, 1.807) is 0 Å². The van der Waals surface area contributed by atoms with E-state index in [2.05, 4.69) is 29.0 Å². The van der Waals surface area contributed by atoms with Crippen LogP contribution in [0.25, 0.3) is 10.9 Å². The lowest BCUT2D eigenvalue weighted by Crippen LogP contribution is -1.80. The van der Waals surface area contributed by atoms with Crippen molar-refractivity contribution in [3.8, 4) is 11.8 Å². The molecule has 0 saturated carbocycles. The lowest BCUT2D eigenvalue weighted by atomic mass is 10.1. The molecule has 1 aromatic heterocycles. The minimum absolute atomic E-state index is 0.882. The summed E-state index contributed by atoms with van der Waals surface area (Å²) in [7, 11) is 0. The molecule has 0 spiro atoms. The van der Waals surface area contributed by atoms with E-state index in [9.17, 15) is 0 Å². The number of nitrogens with zero attached hydrogens (tertiary/aromatic N) is 1. The molecule has 0 saturated heterocycles. The molecule has 0 fully saturated rings. The zero-order chi connectivity index (χ0) is 9.80. The van der Waals surface area contributed by atoms with Crippen molar-refractivity contribution in [2.24, 2.45) is 0 Å². The van der Waals surface area contributed by atoms with Crippen LogP contribution in [-0.2, 0) is 0 Å². The molecule has 14 heavy (non-hydrogen) atoms. The summed E-state index contributed by atoms with van der Waals surface area (Å²) in [6.45, 7) is 2.04. The first-order valence-electron chi connectivity index (χ1n) is 4.74. The highest BCUT2D eigenvalue weighted by Crippen LogP contribution is 2.11. The molecule has 0 atom stereocenters. The van der Waals surface area contributed by atoms with Gasteiger partial charge in [-0.05, 0) is 12.1 Å². The maximum Gasteiger partial charge on any atom is 0.0702 e. The Bertz CT molecular complexity index is 503. The quantitative estimate of drug-likeness (QED) is 0.569. The second kappa shape index (κ2) is 3.93. The van der Waals surface area contributed by atoms with Gasteiger partial charge in [0.05, 0.1) is 5.52 Å². The van der Waals surface area contributed by atoms with E-state index >= 15 is 0 Å². The summed E-state index contributed by atoms with van der Waals surface area (Å²) in [6.07, 6.45) is 2.71. The van der Waals surface area contributed by atoms with E-state index in [1.165, 1.54) is 0 Å². The molecule has 68 valence electrons. The molecule has 0 amide bonds. The van der Waals surface area contributed by atoms with E-state index < -0.39 is 0 Å². The van der Waals surface area contributed by atoms with Gasteiger partial charge in [0.25, 0.3) is 0 Å². The molecule has 0 N–H and O–H groups in total. The Labute approximate surface area is 83.8 Å². The molecule has 1 aromatic carbocycles. The molecule has 1 nitrogen and oxygen atoms in total. The van der Waals surface area contributed by atoms with Crippen molar-refractivity contribution >= 4 is 10.9 Å². The lowest BCUT2D eigenvalue weighted by molar-refractivity contribution is 1.28. The Kier molecular flexibility index (Phi) is 2.46. The second-order valence-electron chi connectivity index (χ2n) is 3.07. The highest BCUT2D eigenvalue weighted by molar-refractivity contribution is 5.79. The van der Waals surface area contributed by atoms with Gasteiger partial charge in [0.2, 0.25) is 0 Å². The first-order chi connectivity index (χ1) is 6.90. The van der Waals surface area contributed by atoms with Gasteiger partial charge in [-0.2, -0.15) is 0 Å². The number of hydrogen-bond donors (Lipinski definition) is 0. The molecule has 0 bridgehead atoms. The molecule has 1 heterocycles. The summed E-state index contributed by atoms with van der Waals surface area (Å²) in [5.41, 5.74) is 2.01. The Morgan fingerprint density at radius 3 is 3.00 bits per heavy atom. The van der Waals surface area contributed by atoms with Gasteiger partial charge in [-0.3, -0.25) is 4.98 Å². The van der Waals surface area contributed by atoms with Crippen LogP contribution in [0, 0.1) is 11.8 Å². The summed E-state index contributed by atoms with van der Waals surface area (Å²) < 4.78 is 0. The van der Waals surface area contributed by atoms with Gasteiger partial charge in [0.1, 0.15) is 0 Å². The van der Waals surface area contributed by atoms with Crippen molar-refractivity contribution in [1.82, 2.24) is 4.98 Å². The van der Waals surface area contributed by atoms with Crippen LogP contribution in [-0.4, -0.2) is 4.98 Å². The third kappa shape index (κ3) is 1.75. The molecule has 0 radical (unpaired) electrons. The van der Waals surface area contributed by atoms with E-state index in [4.69, 9.17) is 0 Å². The molecule has 1 heteroatoms. The summed E-state index contributed by atoms with van der Waals surface area (Å²) in [5.74, 6) is 6.11. The summed E-state index contributed by atoms with van der Waals surface area (Å²) >= 11 is 0. The van der Waals surface area contributed by atoms with E-state index in [0.29, 0.717) is 0 Å². The topological polar surface area (TPSA) is 12.9 Å². The second-order valence-corrected chi connectivity index (χ2v) is 3.07. The average molecular weight is 181 g/mol. The molecular weight excluding hydrogens is 170 g/mol. The fourth-order valence-corrected chi connectivity index (χ4v) is 1.33. The van der Waals surface area contributed by atoms with Gasteiger partial charge in [0, 0.05) is 23.6 Å². The van der Waals surface area contributed by atoms with Crippen molar-refractivity contribution in [3.63, 3.8) is 0 Å². The normalized spacial score (nSPS) is 9.50. The first-order valence-corrected chi connectivity index (χ1v) is 4.74. The Balaban J connectivity index is 2.51. The number of fused-ring (bicyclic) bond motifs is 1. The zero-order valence-corrected chi connectivity index (χ0v) is 8.12. The van der Waals surface area contributed by atoms with Crippen LogP contribution >= 0.6 is 0 Å². The SMILES string of the molecule is CCC#Cc1cnc2ccccc2c1. The summed E-state index contributed by atoms with van der Waals surface area (Å²) in [5, 5.41) is 1.15. The van der Waals surface area contributed by atoms with E-state index in [0.717, 1.165) is 22.9 Å². The Morgan fingerprint density at radius 2 is 2.14 bits per heavy atom. The Morgan fingerprint density at radius 1 is 1.29 bits per heavy atom. The Hall–Kier alpha value is -1.81. The van der Waals surface area contributed by atoms with Crippen molar-refractivity contribution in [3.05, 3.63) is 42.1 Å². The zero-order valence-electron chi connectivity index (χ0n) is 8.12. The van der Waals surface area contributed by atoms with Crippen LogP contribution < -0.4 is 0 Å². The number of aromatic nitrogens is 1. The van der Waals surface area contributed by atoms with Crippen LogP contribution in [0.1, 0.15) is 18.9 Å². The van der Waals surface area contributed by atoms with Crippen LogP contribution in [0.2, 0.25) is 0 Å². The van der Waals surface area contributed by atoms with Crippen LogP contribution in [0.5, 0.6) is 0 Å². The predicted octanol–water partition coefficient (Wildman–Crippen LogP) is 3.00. The molecule has 0 aliphatic carbocycles. The van der Waals surface area contributed by atoms with Gasteiger partial charge in [-0.1, -0.05) is 37.0 Å². The maximum absolute atomic E-state index is 4.33. The minimum atomic E-state index is 0.882. The third-order valence-electron chi connectivity index (χ3n) is 2.00. The minimum Gasteiger partial charge on any atom is -0.255 e. The highest BCUT2D eigenvalue weighted by atomic mass is 14.6. The van der Waals surface area contributed by atoms with Crippen LogP contribution in [0.15, 0.2) is 36.5 Å². The maximum atomic E-state index is 4.33. The van der Waals surface area contributed by atoms with Crippen molar-refractivity contribution in [2.45, 2.75) is 13.3 Å². The highest BCUT2D eigenvalue weighted by Gasteiger charge is 1.93. The van der Waals surface area contributed by atoms with Crippen molar-refractivity contribution < 1.29 is 0 Å². The molecule has 2 aromatic rings. The fraction of sp³-hybridized carbons (Fsp3) is 0.154. The average Bonchev–Trinajstić information content (AvgIpc) is 2.26. The molecule has 0 aliphatic rings. The number of hydrogen-bond acceptors (Lipinski definition) is 1. The molecular formula is C13H11N. The van der Waals surface area contributed by atoms with Crippen LogP contribution in [0.3, 0.4) is 0 Å². The summed E-state index contributed by atoms with van der Waals surface area (Å²) in [6, 6.07) is 10.1. The largest absolute Gasteiger partial charge is 0.255 e. The number of para-hydroxylation sites is 1. The summed E-state index contributed by atoms with van der Waals surface area (Å²) in [4.78, 5) is 4.33. The van der Waals surface area contributed by atoms with Crippen molar-refractivity contribution in [1.29, 1.82) is 0 Å². The molecule has 0 aliphatic heterocycles. The molecule has 2 rings (SSSR count). The van der Waals surface area contributed by atoms with Crippen molar-refractivity contribution in [2.75, 3.05) is 0 Å². The smallest absolute Gasteiger partial charge is 0.0702 e. The number of rotatable bonds is 0. The lowest BCUT2D eigenvalue weighted by Gasteiger charge is -1.95. The number of pyridine rings is 1. The monoisotopic (exact) mass is 181 g/mol.